The van der Waals surface area contributed by atoms with Crippen LogP contribution >= 0.6 is 0 Å². The molecule has 0 fully saturated rings. The van der Waals surface area contributed by atoms with Crippen molar-refractivity contribution in [1.82, 2.24) is 29.9 Å². The van der Waals surface area contributed by atoms with E-state index in [4.69, 9.17) is 5.73 Å². The third kappa shape index (κ3) is 3.03. The van der Waals surface area contributed by atoms with Gasteiger partial charge in [-0.15, -0.1) is 5.10 Å². The molecule has 8 heteroatoms. The van der Waals surface area contributed by atoms with Crippen molar-refractivity contribution in [1.29, 1.82) is 0 Å². The molecule has 2 heterocycles. The molecular weight excluding hydrogens is 222 g/mol. The lowest BCUT2D eigenvalue weighted by Gasteiger charge is -2.02. The molecule has 0 atom stereocenters. The summed E-state index contributed by atoms with van der Waals surface area (Å²) in [5.41, 5.74) is 6.14. The van der Waals surface area contributed by atoms with Crippen LogP contribution in [0.25, 0.3) is 0 Å². The van der Waals surface area contributed by atoms with Crippen LogP contribution in [0.2, 0.25) is 0 Å². The summed E-state index contributed by atoms with van der Waals surface area (Å²) >= 11 is 0. The molecule has 0 saturated heterocycles. The van der Waals surface area contributed by atoms with Gasteiger partial charge in [0.05, 0.1) is 12.2 Å². The maximum absolute atomic E-state index is 11.5. The highest BCUT2D eigenvalue weighted by Gasteiger charge is 2.05. The summed E-state index contributed by atoms with van der Waals surface area (Å²) < 4.78 is 3.06. The number of aryl methyl sites for hydroxylation is 1. The van der Waals surface area contributed by atoms with Gasteiger partial charge in [0.25, 0.3) is 0 Å². The van der Waals surface area contributed by atoms with E-state index in [0.717, 1.165) is 5.69 Å². The van der Waals surface area contributed by atoms with Crippen molar-refractivity contribution in [2.45, 2.75) is 13.1 Å². The zero-order valence-corrected chi connectivity index (χ0v) is 9.37. The monoisotopic (exact) mass is 235 g/mol. The predicted octanol–water partition coefficient (Wildman–Crippen LogP) is -1.09. The molecule has 1 amide bonds. The molecule has 0 unspecified atom stereocenters. The van der Waals surface area contributed by atoms with Crippen LogP contribution in [-0.4, -0.2) is 30.5 Å². The Kier molecular flexibility index (Phi) is 3.03. The average Bonchev–Trinajstić information content (AvgIpc) is 2.85. The first-order valence-electron chi connectivity index (χ1n) is 5.03. The zero-order chi connectivity index (χ0) is 12.3. The summed E-state index contributed by atoms with van der Waals surface area (Å²) in [5.74, 6) is -0.0110. The fourth-order valence-electron chi connectivity index (χ4n) is 1.33. The van der Waals surface area contributed by atoms with E-state index in [-0.39, 0.29) is 18.4 Å². The molecule has 8 nitrogen and oxygen atoms in total. The Hall–Kier alpha value is -2.38. The lowest BCUT2D eigenvalue weighted by atomic mass is 10.4. The van der Waals surface area contributed by atoms with Crippen LogP contribution < -0.4 is 11.1 Å². The van der Waals surface area contributed by atoms with Crippen LogP contribution in [0.5, 0.6) is 0 Å². The van der Waals surface area contributed by atoms with Crippen molar-refractivity contribution in [2.24, 2.45) is 7.05 Å². The van der Waals surface area contributed by atoms with Gasteiger partial charge in [-0.1, -0.05) is 0 Å². The van der Waals surface area contributed by atoms with Gasteiger partial charge in [0.1, 0.15) is 12.9 Å². The molecule has 2 rings (SSSR count). The van der Waals surface area contributed by atoms with Crippen LogP contribution in [0.1, 0.15) is 5.69 Å². The zero-order valence-electron chi connectivity index (χ0n) is 9.37. The van der Waals surface area contributed by atoms with Crippen LogP contribution in [-0.2, 0) is 24.9 Å². The van der Waals surface area contributed by atoms with Crippen molar-refractivity contribution in [2.75, 3.05) is 5.73 Å². The SMILES string of the molecule is Cn1ccc(CNC(=O)Cn2cnc(N)n2)n1. The van der Waals surface area contributed by atoms with E-state index in [1.54, 1.807) is 4.68 Å². The average molecular weight is 235 g/mol. The Labute approximate surface area is 97.4 Å². The lowest BCUT2D eigenvalue weighted by molar-refractivity contribution is -0.122. The summed E-state index contributed by atoms with van der Waals surface area (Å²) in [5, 5.41) is 10.7. The van der Waals surface area contributed by atoms with Crippen molar-refractivity contribution in [3.63, 3.8) is 0 Å². The number of nitrogen functional groups attached to an aromatic ring is 1. The van der Waals surface area contributed by atoms with Crippen LogP contribution in [0.4, 0.5) is 5.95 Å². The topological polar surface area (TPSA) is 104 Å². The molecule has 90 valence electrons. The maximum Gasteiger partial charge on any atom is 0.242 e. The molecule has 0 aliphatic rings. The van der Waals surface area contributed by atoms with E-state index in [2.05, 4.69) is 20.5 Å². The second kappa shape index (κ2) is 4.64. The van der Waals surface area contributed by atoms with Crippen LogP contribution in [0, 0.1) is 0 Å². The minimum absolute atomic E-state index is 0.0943. The third-order valence-electron chi connectivity index (χ3n) is 2.10. The number of nitrogens with two attached hydrogens (primary N) is 1. The van der Waals surface area contributed by atoms with Gasteiger partial charge < -0.3 is 11.1 Å². The molecule has 0 aliphatic heterocycles. The van der Waals surface area contributed by atoms with Gasteiger partial charge >= 0.3 is 0 Å². The summed E-state index contributed by atoms with van der Waals surface area (Å²) in [6, 6.07) is 1.84. The number of aromatic nitrogens is 5. The second-order valence-corrected chi connectivity index (χ2v) is 3.56. The smallest absolute Gasteiger partial charge is 0.242 e. The molecule has 0 saturated carbocycles. The summed E-state index contributed by atoms with van der Waals surface area (Å²) in [6.45, 7) is 0.487. The number of amides is 1. The number of anilines is 1. The van der Waals surface area contributed by atoms with Gasteiger partial charge in [-0.3, -0.25) is 9.48 Å². The Balaban J connectivity index is 1.82. The number of rotatable bonds is 4. The molecule has 2 aromatic rings. The lowest BCUT2D eigenvalue weighted by Crippen LogP contribution is -2.27. The molecular formula is C9H13N7O. The second-order valence-electron chi connectivity index (χ2n) is 3.56. The summed E-state index contributed by atoms with van der Waals surface area (Å²) in [6.07, 6.45) is 3.23. The third-order valence-corrected chi connectivity index (χ3v) is 2.10. The van der Waals surface area contributed by atoms with Crippen molar-refractivity contribution >= 4 is 11.9 Å². The Bertz CT molecular complexity index is 515. The molecule has 3 N–H and O–H groups in total. The highest BCUT2D eigenvalue weighted by atomic mass is 16.2. The number of nitrogens with zero attached hydrogens (tertiary/aromatic N) is 5. The molecule has 0 bridgehead atoms. The van der Waals surface area contributed by atoms with Gasteiger partial charge in [0.2, 0.25) is 11.9 Å². The van der Waals surface area contributed by atoms with E-state index >= 15 is 0 Å². The Morgan fingerprint density at radius 3 is 2.94 bits per heavy atom. The molecule has 0 radical (unpaired) electrons. The van der Waals surface area contributed by atoms with Crippen molar-refractivity contribution < 1.29 is 4.79 Å². The summed E-state index contributed by atoms with van der Waals surface area (Å²) in [4.78, 5) is 15.3. The van der Waals surface area contributed by atoms with E-state index in [1.165, 1.54) is 11.0 Å². The highest BCUT2D eigenvalue weighted by Crippen LogP contribution is 1.93. The quantitative estimate of drug-likeness (QED) is 0.700. The van der Waals surface area contributed by atoms with Crippen LogP contribution in [0.3, 0.4) is 0 Å². The normalized spacial score (nSPS) is 10.4. The summed E-state index contributed by atoms with van der Waals surface area (Å²) in [7, 11) is 1.82. The van der Waals surface area contributed by atoms with Gasteiger partial charge in [-0.25, -0.2) is 9.67 Å². The fraction of sp³-hybridized carbons (Fsp3) is 0.333. The van der Waals surface area contributed by atoms with E-state index in [1.807, 2.05) is 19.3 Å². The predicted molar refractivity (Wildman–Crippen MR) is 59.5 cm³/mol. The first-order valence-corrected chi connectivity index (χ1v) is 5.03. The Morgan fingerprint density at radius 1 is 1.53 bits per heavy atom. The van der Waals surface area contributed by atoms with Gasteiger partial charge in [0.15, 0.2) is 0 Å². The molecule has 2 aromatic heterocycles. The standard InChI is InChI=1S/C9H13N7O/c1-15-3-2-7(13-15)4-11-8(17)5-16-6-12-9(10)14-16/h2-3,6H,4-5H2,1H3,(H2,10,14)(H,11,17). The molecule has 17 heavy (non-hydrogen) atoms. The largest absolute Gasteiger partial charge is 0.367 e. The van der Waals surface area contributed by atoms with Crippen molar-refractivity contribution in [3.05, 3.63) is 24.3 Å². The number of carbonyl (C=O) groups excluding carboxylic acids is 1. The number of carbonyl (C=O) groups is 1. The fourth-order valence-corrected chi connectivity index (χ4v) is 1.33. The molecule has 0 aromatic carbocycles. The first kappa shape index (κ1) is 11.1. The van der Waals surface area contributed by atoms with Gasteiger partial charge in [-0.05, 0) is 6.07 Å². The minimum atomic E-state index is -0.166. The van der Waals surface area contributed by atoms with Gasteiger partial charge in [0, 0.05) is 13.2 Å². The van der Waals surface area contributed by atoms with Crippen LogP contribution in [0.15, 0.2) is 18.6 Å². The first-order chi connectivity index (χ1) is 8.13. The Morgan fingerprint density at radius 2 is 2.35 bits per heavy atom. The van der Waals surface area contributed by atoms with E-state index < -0.39 is 0 Å². The van der Waals surface area contributed by atoms with E-state index in [0.29, 0.717) is 6.54 Å². The highest BCUT2D eigenvalue weighted by molar-refractivity contribution is 5.75. The minimum Gasteiger partial charge on any atom is -0.367 e. The number of hydrogen-bond acceptors (Lipinski definition) is 5. The van der Waals surface area contributed by atoms with Gasteiger partial charge in [-0.2, -0.15) is 5.10 Å². The molecule has 0 aliphatic carbocycles. The number of hydrogen-bond donors (Lipinski definition) is 2. The van der Waals surface area contributed by atoms with Crippen molar-refractivity contribution in [3.8, 4) is 0 Å². The molecule has 0 spiro atoms. The number of nitrogens with one attached hydrogen (secondary N) is 1. The maximum atomic E-state index is 11.5. The van der Waals surface area contributed by atoms with E-state index in [9.17, 15) is 4.79 Å².